The van der Waals surface area contributed by atoms with Gasteiger partial charge in [-0.3, -0.25) is 20.2 Å². The van der Waals surface area contributed by atoms with E-state index in [1.807, 2.05) is 0 Å². The smallest absolute Gasteiger partial charge is 0.310 e. The van der Waals surface area contributed by atoms with Crippen LogP contribution in [0.4, 0.5) is 11.4 Å². The van der Waals surface area contributed by atoms with Crippen molar-refractivity contribution in [3.63, 3.8) is 0 Å². The van der Waals surface area contributed by atoms with E-state index in [2.05, 4.69) is 0 Å². The Morgan fingerprint density at radius 2 is 1.21 bits per heavy atom. The summed E-state index contributed by atoms with van der Waals surface area (Å²) in [7, 11) is 0. The maximum absolute atomic E-state index is 11.1. The van der Waals surface area contributed by atoms with Crippen molar-refractivity contribution in [2.45, 2.75) is 44.1 Å². The molecule has 0 amide bonds. The summed E-state index contributed by atoms with van der Waals surface area (Å²) in [5, 5.41) is 43.6. The normalized spacial score (nSPS) is 21.2. The van der Waals surface area contributed by atoms with E-state index in [0.29, 0.717) is 0 Å². The number of nitrogens with zero attached hydrogens (tertiary/aromatic N) is 2. The molecule has 0 saturated carbocycles. The van der Waals surface area contributed by atoms with Crippen molar-refractivity contribution in [1.29, 1.82) is 0 Å². The van der Waals surface area contributed by atoms with Crippen molar-refractivity contribution < 1.29 is 39.0 Å². The molecule has 0 unspecified atom stereocenters. The van der Waals surface area contributed by atoms with E-state index < -0.39 is 40.0 Å². The number of nitro benzene ring substituents is 2. The molecule has 0 aliphatic carbocycles. The predicted molar refractivity (Wildman–Crippen MR) is 113 cm³/mol. The lowest BCUT2D eigenvalue weighted by atomic mass is 10.0. The molecule has 33 heavy (non-hydrogen) atoms. The van der Waals surface area contributed by atoms with Crippen molar-refractivity contribution in [2.24, 2.45) is 0 Å². The van der Waals surface area contributed by atoms with Crippen LogP contribution in [0.1, 0.15) is 13.8 Å². The molecule has 2 N–H and O–H groups in total. The monoisotopic (exact) mass is 464 g/mol. The minimum absolute atomic E-state index is 0.0310. The number of ether oxygens (including phenoxy) is 4. The standard InChI is InChI=1S/C21H24N2O10/c1-21(2)32-19(15(24)11-30-17-9-5-3-7-13(17)22(26)27)20(33-21)16(25)12-31-18-10-6-4-8-14(18)23(28)29/h3-10,15-16,19-20,24-25H,11-12H2,1-2H3/t15-,16-,19-,20-/m1/s1. The quantitative estimate of drug-likeness (QED) is 0.393. The van der Waals surface area contributed by atoms with Crippen LogP contribution in [-0.4, -0.2) is 63.5 Å². The van der Waals surface area contributed by atoms with Crippen LogP contribution >= 0.6 is 0 Å². The molecule has 1 aliphatic heterocycles. The lowest BCUT2D eigenvalue weighted by molar-refractivity contribution is -0.386. The van der Waals surface area contributed by atoms with E-state index in [1.165, 1.54) is 36.4 Å². The molecule has 178 valence electrons. The molecule has 3 rings (SSSR count). The first kappa shape index (κ1) is 24.3. The summed E-state index contributed by atoms with van der Waals surface area (Å²) in [5.41, 5.74) is -0.522. The first-order valence-electron chi connectivity index (χ1n) is 10.0. The van der Waals surface area contributed by atoms with Gasteiger partial charge in [-0.1, -0.05) is 24.3 Å². The molecule has 2 aromatic carbocycles. The number of aliphatic hydroxyl groups excluding tert-OH is 2. The van der Waals surface area contributed by atoms with Gasteiger partial charge in [0, 0.05) is 12.1 Å². The molecule has 12 nitrogen and oxygen atoms in total. The zero-order chi connectivity index (χ0) is 24.2. The Bertz CT molecular complexity index is 921. The number of nitro groups is 2. The van der Waals surface area contributed by atoms with Gasteiger partial charge in [0.25, 0.3) is 0 Å². The second-order valence-corrected chi connectivity index (χ2v) is 7.77. The minimum atomic E-state index is -1.32. The van der Waals surface area contributed by atoms with E-state index in [4.69, 9.17) is 18.9 Å². The average Bonchev–Trinajstić information content (AvgIpc) is 3.11. The summed E-state index contributed by atoms with van der Waals surface area (Å²) >= 11 is 0. The summed E-state index contributed by atoms with van der Waals surface area (Å²) in [6.07, 6.45) is -4.77. The van der Waals surface area contributed by atoms with E-state index in [9.17, 15) is 30.4 Å². The zero-order valence-electron chi connectivity index (χ0n) is 17.9. The molecule has 0 bridgehead atoms. The zero-order valence-corrected chi connectivity index (χ0v) is 17.9. The van der Waals surface area contributed by atoms with Crippen LogP contribution in [0, 0.1) is 20.2 Å². The third-order valence-corrected chi connectivity index (χ3v) is 4.87. The van der Waals surface area contributed by atoms with Gasteiger partial charge in [0.15, 0.2) is 17.3 Å². The maximum Gasteiger partial charge on any atom is 0.310 e. The fraction of sp³-hybridized carbons (Fsp3) is 0.429. The number of aliphatic hydroxyl groups is 2. The lowest BCUT2D eigenvalue weighted by Gasteiger charge is -2.25. The van der Waals surface area contributed by atoms with Crippen LogP contribution in [-0.2, 0) is 9.47 Å². The molecule has 0 radical (unpaired) electrons. The molecule has 1 aliphatic rings. The van der Waals surface area contributed by atoms with Crippen LogP contribution in [0.25, 0.3) is 0 Å². The predicted octanol–water partition coefficient (Wildman–Crippen LogP) is 2.20. The van der Waals surface area contributed by atoms with Gasteiger partial charge in [-0.25, -0.2) is 0 Å². The molecule has 12 heteroatoms. The molecular formula is C21H24N2O10. The largest absolute Gasteiger partial charge is 0.484 e. The minimum Gasteiger partial charge on any atom is -0.484 e. The number of hydrogen-bond donors (Lipinski definition) is 2. The van der Waals surface area contributed by atoms with Gasteiger partial charge in [0.2, 0.25) is 0 Å². The Morgan fingerprint density at radius 3 is 1.58 bits per heavy atom. The van der Waals surface area contributed by atoms with Crippen LogP contribution in [0.3, 0.4) is 0 Å². The second-order valence-electron chi connectivity index (χ2n) is 7.77. The van der Waals surface area contributed by atoms with Gasteiger partial charge in [-0.2, -0.15) is 0 Å². The number of para-hydroxylation sites is 4. The Labute approximate surface area is 188 Å². The third-order valence-electron chi connectivity index (χ3n) is 4.87. The number of rotatable bonds is 10. The highest BCUT2D eigenvalue weighted by Gasteiger charge is 2.48. The van der Waals surface area contributed by atoms with Gasteiger partial charge in [-0.15, -0.1) is 0 Å². The molecule has 0 spiro atoms. The second kappa shape index (κ2) is 10.1. The van der Waals surface area contributed by atoms with E-state index in [-0.39, 0.29) is 36.1 Å². The topological polar surface area (TPSA) is 164 Å². The van der Waals surface area contributed by atoms with E-state index >= 15 is 0 Å². The van der Waals surface area contributed by atoms with Crippen molar-refractivity contribution in [3.05, 3.63) is 68.8 Å². The van der Waals surface area contributed by atoms with E-state index in [0.717, 1.165) is 0 Å². The maximum atomic E-state index is 11.1. The summed E-state index contributed by atoms with van der Waals surface area (Å²) in [4.78, 5) is 21.1. The molecule has 1 saturated heterocycles. The van der Waals surface area contributed by atoms with Crippen molar-refractivity contribution in [1.82, 2.24) is 0 Å². The highest BCUT2D eigenvalue weighted by molar-refractivity contribution is 5.46. The van der Waals surface area contributed by atoms with Crippen molar-refractivity contribution in [2.75, 3.05) is 13.2 Å². The first-order valence-corrected chi connectivity index (χ1v) is 10.0. The molecule has 4 atom stereocenters. The highest BCUT2D eigenvalue weighted by Crippen LogP contribution is 2.34. The lowest BCUT2D eigenvalue weighted by Crippen LogP contribution is -2.46. The van der Waals surface area contributed by atoms with Gasteiger partial charge < -0.3 is 29.2 Å². The Hall–Kier alpha value is -3.32. The molecule has 1 fully saturated rings. The van der Waals surface area contributed by atoms with Gasteiger partial charge >= 0.3 is 11.4 Å². The Balaban J connectivity index is 1.67. The van der Waals surface area contributed by atoms with Crippen molar-refractivity contribution in [3.8, 4) is 11.5 Å². The average molecular weight is 464 g/mol. The third kappa shape index (κ3) is 5.93. The van der Waals surface area contributed by atoms with Crippen LogP contribution < -0.4 is 9.47 Å². The summed E-state index contributed by atoms with van der Waals surface area (Å²) < 4.78 is 22.3. The number of benzene rings is 2. The van der Waals surface area contributed by atoms with Crippen LogP contribution in [0.15, 0.2) is 48.5 Å². The summed E-state index contributed by atoms with van der Waals surface area (Å²) in [6, 6.07) is 11.4. The fourth-order valence-corrected chi connectivity index (χ4v) is 3.41. The Kier molecular flexibility index (Phi) is 7.43. The van der Waals surface area contributed by atoms with Crippen LogP contribution in [0.5, 0.6) is 11.5 Å². The summed E-state index contributed by atoms with van der Waals surface area (Å²) in [5.74, 6) is -1.22. The summed E-state index contributed by atoms with van der Waals surface area (Å²) in [6.45, 7) is 2.43. The Morgan fingerprint density at radius 1 is 0.848 bits per heavy atom. The van der Waals surface area contributed by atoms with Gasteiger partial charge in [0.05, 0.1) is 9.85 Å². The highest BCUT2D eigenvalue weighted by atomic mass is 16.8. The van der Waals surface area contributed by atoms with Gasteiger partial charge in [-0.05, 0) is 26.0 Å². The fourth-order valence-electron chi connectivity index (χ4n) is 3.41. The van der Waals surface area contributed by atoms with E-state index in [1.54, 1.807) is 26.0 Å². The first-order chi connectivity index (χ1) is 15.6. The van der Waals surface area contributed by atoms with Crippen molar-refractivity contribution >= 4 is 11.4 Å². The van der Waals surface area contributed by atoms with Gasteiger partial charge in [0.1, 0.15) is 37.6 Å². The number of hydrogen-bond acceptors (Lipinski definition) is 10. The molecule has 1 heterocycles. The molecular weight excluding hydrogens is 440 g/mol. The molecule has 2 aromatic rings. The SMILES string of the molecule is CC1(C)O[C@H]([C@H](O)COc2ccccc2[N+](=O)[O-])[C@@H]([C@H](O)COc2ccccc2[N+](=O)[O-])O1. The molecule has 0 aromatic heterocycles. The van der Waals surface area contributed by atoms with Crippen LogP contribution in [0.2, 0.25) is 0 Å².